The minimum Gasteiger partial charge on any atom is -0.478 e. The fourth-order valence-electron chi connectivity index (χ4n) is 2.15. The topological polar surface area (TPSA) is 58.6 Å². The van der Waals surface area contributed by atoms with Crippen LogP contribution in [-0.4, -0.2) is 29.8 Å². The van der Waals surface area contributed by atoms with Gasteiger partial charge in [0.05, 0.1) is 11.2 Å². The third-order valence-electron chi connectivity index (χ3n) is 3.18. The maximum Gasteiger partial charge on any atom is 0.338 e. The van der Waals surface area contributed by atoms with Crippen LogP contribution in [0.25, 0.3) is 0 Å². The number of carbonyl (C=O) groups is 1. The molecule has 1 aromatic rings. The number of hydrogen-bond acceptors (Lipinski definition) is 3. The van der Waals surface area contributed by atoms with Gasteiger partial charge in [0.25, 0.3) is 0 Å². The largest absolute Gasteiger partial charge is 0.478 e. The van der Waals surface area contributed by atoms with E-state index in [0.717, 1.165) is 19.4 Å². The number of hydrogen-bond donors (Lipinski definition) is 2. The highest BCUT2D eigenvalue weighted by molar-refractivity contribution is 9.10. The molecule has 98 valence electrons. The van der Waals surface area contributed by atoms with Crippen molar-refractivity contribution in [2.45, 2.75) is 25.4 Å². The molecule has 1 aliphatic rings. The molecule has 0 aromatic heterocycles. The van der Waals surface area contributed by atoms with Crippen molar-refractivity contribution in [1.82, 2.24) is 0 Å². The van der Waals surface area contributed by atoms with Gasteiger partial charge in [-0.15, -0.1) is 0 Å². The fraction of sp³-hybridized carbons (Fsp3) is 0.462. The number of rotatable bonds is 4. The van der Waals surface area contributed by atoms with Crippen molar-refractivity contribution in [2.24, 2.45) is 0 Å². The van der Waals surface area contributed by atoms with Crippen LogP contribution in [0.3, 0.4) is 0 Å². The average molecular weight is 314 g/mol. The molecule has 18 heavy (non-hydrogen) atoms. The molecule has 1 heterocycles. The number of nitrogens with one attached hydrogen (secondary N) is 1. The van der Waals surface area contributed by atoms with E-state index in [1.165, 1.54) is 0 Å². The molecule has 2 N–H and O–H groups in total. The average Bonchev–Trinajstić information content (AvgIpc) is 2.73. The molecule has 1 aliphatic heterocycles. The van der Waals surface area contributed by atoms with E-state index in [-0.39, 0.29) is 11.2 Å². The molecule has 4 nitrogen and oxygen atoms in total. The molecule has 0 aliphatic carbocycles. The molecule has 0 amide bonds. The summed E-state index contributed by atoms with van der Waals surface area (Å²) in [4.78, 5) is 11.2. The van der Waals surface area contributed by atoms with Crippen LogP contribution in [0.5, 0.6) is 0 Å². The summed E-state index contributed by atoms with van der Waals surface area (Å²) in [6.45, 7) is 3.44. The first-order chi connectivity index (χ1) is 8.52. The number of carboxylic acids is 1. The van der Waals surface area contributed by atoms with E-state index in [2.05, 4.69) is 21.2 Å². The Morgan fingerprint density at radius 3 is 3.00 bits per heavy atom. The standard InChI is InChI=1S/C13H16BrNO3/c1-13(6-3-7-18-13)8-15-10-5-2-4-9(14)11(10)12(16)17/h2,4-5,15H,3,6-8H2,1H3,(H,16,17). The molecule has 1 fully saturated rings. The van der Waals surface area contributed by atoms with Gasteiger partial charge < -0.3 is 15.2 Å². The minimum atomic E-state index is -0.942. The number of carboxylic acid groups (broad SMARTS) is 1. The van der Waals surface area contributed by atoms with E-state index in [1.54, 1.807) is 12.1 Å². The van der Waals surface area contributed by atoms with Crippen molar-refractivity contribution < 1.29 is 14.6 Å². The third kappa shape index (κ3) is 2.84. The van der Waals surface area contributed by atoms with Crippen LogP contribution in [-0.2, 0) is 4.74 Å². The Labute approximate surface area is 114 Å². The van der Waals surface area contributed by atoms with Gasteiger partial charge in [0.1, 0.15) is 0 Å². The van der Waals surface area contributed by atoms with Crippen molar-refractivity contribution >= 4 is 27.6 Å². The molecule has 0 bridgehead atoms. The van der Waals surface area contributed by atoms with Crippen molar-refractivity contribution in [3.63, 3.8) is 0 Å². The van der Waals surface area contributed by atoms with E-state index in [4.69, 9.17) is 4.74 Å². The van der Waals surface area contributed by atoms with Crippen molar-refractivity contribution in [2.75, 3.05) is 18.5 Å². The molecule has 1 atom stereocenters. The summed E-state index contributed by atoms with van der Waals surface area (Å²) in [6.07, 6.45) is 2.05. The van der Waals surface area contributed by atoms with Gasteiger partial charge in [0.2, 0.25) is 0 Å². The lowest BCUT2D eigenvalue weighted by molar-refractivity contribution is 0.0314. The highest BCUT2D eigenvalue weighted by atomic mass is 79.9. The summed E-state index contributed by atoms with van der Waals surface area (Å²) in [5.41, 5.74) is 0.686. The molecule has 1 unspecified atom stereocenters. The monoisotopic (exact) mass is 313 g/mol. The molecule has 5 heteroatoms. The second-order valence-electron chi connectivity index (χ2n) is 4.72. The molecule has 1 aromatic carbocycles. The Morgan fingerprint density at radius 1 is 1.61 bits per heavy atom. The van der Waals surface area contributed by atoms with Gasteiger partial charge in [0.15, 0.2) is 0 Å². The fourth-order valence-corrected chi connectivity index (χ4v) is 2.68. The molecule has 0 radical (unpaired) electrons. The maximum atomic E-state index is 11.2. The van der Waals surface area contributed by atoms with Crippen LogP contribution in [0.1, 0.15) is 30.1 Å². The van der Waals surface area contributed by atoms with E-state index < -0.39 is 5.97 Å². The van der Waals surface area contributed by atoms with Crippen molar-refractivity contribution in [3.8, 4) is 0 Å². The van der Waals surface area contributed by atoms with Gasteiger partial charge in [-0.1, -0.05) is 6.07 Å². The van der Waals surface area contributed by atoms with Gasteiger partial charge >= 0.3 is 5.97 Å². The number of ether oxygens (including phenoxy) is 1. The Balaban J connectivity index is 2.14. The quantitative estimate of drug-likeness (QED) is 0.896. The van der Waals surface area contributed by atoms with Crippen LogP contribution < -0.4 is 5.32 Å². The van der Waals surface area contributed by atoms with Crippen molar-refractivity contribution in [3.05, 3.63) is 28.2 Å². The van der Waals surface area contributed by atoms with Crippen LogP contribution in [0.4, 0.5) is 5.69 Å². The van der Waals surface area contributed by atoms with Gasteiger partial charge in [-0.3, -0.25) is 0 Å². The van der Waals surface area contributed by atoms with Crippen LogP contribution in [0.2, 0.25) is 0 Å². The third-order valence-corrected chi connectivity index (χ3v) is 3.84. The highest BCUT2D eigenvalue weighted by Crippen LogP contribution is 2.28. The smallest absolute Gasteiger partial charge is 0.338 e. The van der Waals surface area contributed by atoms with Gasteiger partial charge in [-0.2, -0.15) is 0 Å². The summed E-state index contributed by atoms with van der Waals surface area (Å²) < 4.78 is 6.25. The Hall–Kier alpha value is -1.07. The van der Waals surface area contributed by atoms with Gasteiger partial charge in [0, 0.05) is 23.3 Å². The maximum absolute atomic E-state index is 11.2. The predicted molar refractivity (Wildman–Crippen MR) is 73.2 cm³/mol. The Bertz CT molecular complexity index is 456. The van der Waals surface area contributed by atoms with E-state index in [9.17, 15) is 9.90 Å². The zero-order valence-electron chi connectivity index (χ0n) is 10.2. The molecule has 0 spiro atoms. The first kappa shape index (κ1) is 13.4. The summed E-state index contributed by atoms with van der Waals surface area (Å²) in [5, 5.41) is 12.4. The van der Waals surface area contributed by atoms with E-state index in [0.29, 0.717) is 16.7 Å². The first-order valence-corrected chi connectivity index (χ1v) is 6.71. The summed E-state index contributed by atoms with van der Waals surface area (Å²) in [5.74, 6) is -0.942. The molecule has 1 saturated heterocycles. The van der Waals surface area contributed by atoms with Gasteiger partial charge in [-0.05, 0) is 47.8 Å². The normalized spacial score (nSPS) is 23.0. The molecule has 2 rings (SSSR count). The number of aromatic carboxylic acids is 1. The Kier molecular flexibility index (Phi) is 3.92. The number of benzene rings is 1. The second kappa shape index (κ2) is 5.28. The lowest BCUT2D eigenvalue weighted by Gasteiger charge is -2.24. The van der Waals surface area contributed by atoms with Crippen molar-refractivity contribution in [1.29, 1.82) is 0 Å². The summed E-state index contributed by atoms with van der Waals surface area (Å²) >= 11 is 3.26. The summed E-state index contributed by atoms with van der Waals surface area (Å²) in [7, 11) is 0. The predicted octanol–water partition coefficient (Wildman–Crippen LogP) is 3.13. The lowest BCUT2D eigenvalue weighted by atomic mass is 10.0. The molecular weight excluding hydrogens is 298 g/mol. The Morgan fingerprint density at radius 2 is 2.39 bits per heavy atom. The van der Waals surface area contributed by atoms with Crippen LogP contribution in [0, 0.1) is 0 Å². The van der Waals surface area contributed by atoms with E-state index >= 15 is 0 Å². The zero-order valence-corrected chi connectivity index (χ0v) is 11.8. The minimum absolute atomic E-state index is 0.196. The summed E-state index contributed by atoms with van der Waals surface area (Å²) in [6, 6.07) is 5.31. The molecular formula is C13H16BrNO3. The second-order valence-corrected chi connectivity index (χ2v) is 5.58. The van der Waals surface area contributed by atoms with Crippen LogP contribution >= 0.6 is 15.9 Å². The van der Waals surface area contributed by atoms with Crippen LogP contribution in [0.15, 0.2) is 22.7 Å². The lowest BCUT2D eigenvalue weighted by Crippen LogP contribution is -2.32. The highest BCUT2D eigenvalue weighted by Gasteiger charge is 2.29. The van der Waals surface area contributed by atoms with Gasteiger partial charge in [-0.25, -0.2) is 4.79 Å². The SMILES string of the molecule is CC1(CNc2cccc(Br)c2C(=O)O)CCCO1. The first-order valence-electron chi connectivity index (χ1n) is 5.91. The van der Waals surface area contributed by atoms with E-state index in [1.807, 2.05) is 13.0 Å². The number of anilines is 1. The number of halogens is 1. The zero-order chi connectivity index (χ0) is 13.2. The molecule has 0 saturated carbocycles.